The average molecular weight is 302 g/mol. The molecule has 0 aromatic carbocycles. The van der Waals surface area contributed by atoms with E-state index < -0.39 is 18.0 Å². The summed E-state index contributed by atoms with van der Waals surface area (Å²) in [6.07, 6.45) is -2.22. The van der Waals surface area contributed by atoms with Gasteiger partial charge in [0.15, 0.2) is 6.61 Å². The number of rotatable bonds is 3. The zero-order valence-electron chi connectivity index (χ0n) is 11.7. The Bertz CT molecular complexity index is 488. The third kappa shape index (κ3) is 4.34. The van der Waals surface area contributed by atoms with Crippen LogP contribution in [0.4, 0.5) is 13.2 Å². The summed E-state index contributed by atoms with van der Waals surface area (Å²) in [6.45, 7) is 1.64. The van der Waals surface area contributed by atoms with Crippen molar-refractivity contribution in [3.05, 3.63) is 23.9 Å². The largest absolute Gasteiger partial charge is 0.468 e. The lowest BCUT2D eigenvalue weighted by molar-refractivity contribution is -0.188. The summed E-state index contributed by atoms with van der Waals surface area (Å²) in [4.78, 5) is 17.1. The number of aryl methyl sites for hydroxylation is 1. The van der Waals surface area contributed by atoms with Crippen molar-refractivity contribution >= 4 is 5.91 Å². The highest BCUT2D eigenvalue weighted by atomic mass is 19.4. The summed E-state index contributed by atoms with van der Waals surface area (Å²) in [5.41, 5.74) is 0.956. The number of pyridine rings is 1. The van der Waals surface area contributed by atoms with E-state index in [1.54, 1.807) is 18.3 Å². The van der Waals surface area contributed by atoms with Crippen LogP contribution in [0.25, 0.3) is 0 Å². The Morgan fingerprint density at radius 2 is 2.24 bits per heavy atom. The molecular formula is C14H17F3N2O2. The van der Waals surface area contributed by atoms with E-state index in [-0.39, 0.29) is 19.6 Å². The number of hydrogen-bond acceptors (Lipinski definition) is 3. The maximum Gasteiger partial charge on any atom is 0.393 e. The van der Waals surface area contributed by atoms with E-state index in [0.29, 0.717) is 18.8 Å². The number of carbonyl (C=O) groups excluding carboxylic acids is 1. The number of hydrogen-bond donors (Lipinski definition) is 0. The number of aromatic nitrogens is 1. The molecule has 4 nitrogen and oxygen atoms in total. The van der Waals surface area contributed by atoms with E-state index in [4.69, 9.17) is 4.74 Å². The van der Waals surface area contributed by atoms with Crippen molar-refractivity contribution in [3.8, 4) is 5.88 Å². The predicted molar refractivity (Wildman–Crippen MR) is 69.8 cm³/mol. The van der Waals surface area contributed by atoms with Gasteiger partial charge in [0, 0.05) is 25.4 Å². The van der Waals surface area contributed by atoms with E-state index >= 15 is 0 Å². The third-order valence-electron chi connectivity index (χ3n) is 3.46. The molecule has 1 aliphatic rings. The van der Waals surface area contributed by atoms with Gasteiger partial charge in [-0.25, -0.2) is 4.98 Å². The topological polar surface area (TPSA) is 42.4 Å². The van der Waals surface area contributed by atoms with Crippen LogP contribution in [0.15, 0.2) is 18.3 Å². The van der Waals surface area contributed by atoms with Crippen LogP contribution < -0.4 is 4.74 Å². The zero-order chi connectivity index (χ0) is 15.5. The monoisotopic (exact) mass is 302 g/mol. The molecule has 2 heterocycles. The van der Waals surface area contributed by atoms with E-state index in [2.05, 4.69) is 4.98 Å². The second kappa shape index (κ2) is 6.32. The normalized spacial score (nSPS) is 19.4. The minimum atomic E-state index is -4.25. The first-order chi connectivity index (χ1) is 9.86. The van der Waals surface area contributed by atoms with Gasteiger partial charge in [-0.1, -0.05) is 6.07 Å². The molecule has 0 unspecified atom stereocenters. The number of piperidine rings is 1. The van der Waals surface area contributed by atoms with Crippen molar-refractivity contribution < 1.29 is 22.7 Å². The number of likely N-dealkylation sites (tertiary alicyclic amines) is 1. The summed E-state index contributed by atoms with van der Waals surface area (Å²) in [6, 6.07) is 3.41. The molecule has 1 saturated heterocycles. The van der Waals surface area contributed by atoms with Crippen molar-refractivity contribution in [1.82, 2.24) is 9.88 Å². The second-order valence-electron chi connectivity index (χ2n) is 5.18. The summed E-state index contributed by atoms with van der Waals surface area (Å²) in [7, 11) is 0. The van der Waals surface area contributed by atoms with Gasteiger partial charge in [0.1, 0.15) is 0 Å². The molecule has 0 N–H and O–H groups in total. The number of halogens is 3. The fraction of sp³-hybridized carbons (Fsp3) is 0.571. The molecule has 2 rings (SSSR count). The Morgan fingerprint density at radius 3 is 2.86 bits per heavy atom. The van der Waals surface area contributed by atoms with E-state index in [0.717, 1.165) is 5.56 Å². The molecule has 0 bridgehead atoms. The maximum absolute atomic E-state index is 12.7. The van der Waals surface area contributed by atoms with Gasteiger partial charge in [0.25, 0.3) is 5.91 Å². The highest BCUT2D eigenvalue weighted by Gasteiger charge is 2.42. The van der Waals surface area contributed by atoms with Gasteiger partial charge in [-0.3, -0.25) is 4.79 Å². The summed E-state index contributed by atoms with van der Waals surface area (Å²) >= 11 is 0. The van der Waals surface area contributed by atoms with Crippen LogP contribution in [-0.4, -0.2) is 41.7 Å². The Kier molecular flexibility index (Phi) is 4.69. The van der Waals surface area contributed by atoms with Crippen LogP contribution in [0.2, 0.25) is 0 Å². The molecule has 1 aromatic rings. The first-order valence-electron chi connectivity index (χ1n) is 6.76. The molecule has 1 fully saturated rings. The van der Waals surface area contributed by atoms with Gasteiger partial charge in [0.05, 0.1) is 5.92 Å². The Hall–Kier alpha value is -1.79. The lowest BCUT2D eigenvalue weighted by atomic mass is 9.97. The number of nitrogens with zero attached hydrogens (tertiary/aromatic N) is 2. The average Bonchev–Trinajstić information content (AvgIpc) is 2.45. The van der Waals surface area contributed by atoms with Crippen LogP contribution >= 0.6 is 0 Å². The van der Waals surface area contributed by atoms with Gasteiger partial charge in [0.2, 0.25) is 5.88 Å². The molecular weight excluding hydrogens is 285 g/mol. The Labute approximate surface area is 120 Å². The van der Waals surface area contributed by atoms with Crippen LogP contribution in [0.5, 0.6) is 5.88 Å². The number of carbonyl (C=O) groups is 1. The van der Waals surface area contributed by atoms with Crippen LogP contribution in [0.1, 0.15) is 18.4 Å². The predicted octanol–water partition coefficient (Wildman–Crippen LogP) is 2.57. The highest BCUT2D eigenvalue weighted by molar-refractivity contribution is 5.77. The molecule has 7 heteroatoms. The Balaban J connectivity index is 1.86. The molecule has 0 spiro atoms. The molecule has 116 valence electrons. The van der Waals surface area contributed by atoms with Crippen molar-refractivity contribution in [2.24, 2.45) is 5.92 Å². The third-order valence-corrected chi connectivity index (χ3v) is 3.46. The molecule has 1 aliphatic heterocycles. The van der Waals surface area contributed by atoms with Gasteiger partial charge in [-0.15, -0.1) is 0 Å². The fourth-order valence-electron chi connectivity index (χ4n) is 2.24. The van der Waals surface area contributed by atoms with Crippen LogP contribution in [-0.2, 0) is 4.79 Å². The van der Waals surface area contributed by atoms with Gasteiger partial charge < -0.3 is 9.64 Å². The smallest absolute Gasteiger partial charge is 0.393 e. The number of alkyl halides is 3. The Morgan fingerprint density at radius 1 is 1.48 bits per heavy atom. The lowest BCUT2D eigenvalue weighted by Gasteiger charge is -2.33. The van der Waals surface area contributed by atoms with Crippen LogP contribution in [0, 0.1) is 12.8 Å². The molecule has 0 radical (unpaired) electrons. The highest BCUT2D eigenvalue weighted by Crippen LogP contribution is 2.33. The fourth-order valence-corrected chi connectivity index (χ4v) is 2.24. The van der Waals surface area contributed by atoms with Gasteiger partial charge >= 0.3 is 6.18 Å². The van der Waals surface area contributed by atoms with E-state index in [1.807, 2.05) is 6.92 Å². The second-order valence-corrected chi connectivity index (χ2v) is 5.18. The molecule has 0 saturated carbocycles. The quantitative estimate of drug-likeness (QED) is 0.862. The van der Waals surface area contributed by atoms with Crippen molar-refractivity contribution in [2.75, 3.05) is 19.7 Å². The van der Waals surface area contributed by atoms with E-state index in [1.165, 1.54) is 4.90 Å². The molecule has 1 amide bonds. The first-order valence-corrected chi connectivity index (χ1v) is 6.76. The van der Waals surface area contributed by atoms with Crippen molar-refractivity contribution in [1.29, 1.82) is 0 Å². The molecule has 0 aliphatic carbocycles. The molecule has 1 aromatic heterocycles. The van der Waals surface area contributed by atoms with Gasteiger partial charge in [-0.05, 0) is 25.3 Å². The summed E-state index contributed by atoms with van der Waals surface area (Å²) in [5, 5.41) is 0. The minimum absolute atomic E-state index is 0.0770. The number of amides is 1. The lowest BCUT2D eigenvalue weighted by Crippen LogP contribution is -2.46. The van der Waals surface area contributed by atoms with Crippen molar-refractivity contribution in [2.45, 2.75) is 25.9 Å². The molecule has 1 atom stereocenters. The van der Waals surface area contributed by atoms with Crippen LogP contribution in [0.3, 0.4) is 0 Å². The molecule has 21 heavy (non-hydrogen) atoms. The summed E-state index contributed by atoms with van der Waals surface area (Å²) in [5.74, 6) is -1.59. The van der Waals surface area contributed by atoms with Gasteiger partial charge in [-0.2, -0.15) is 13.2 Å². The SMILES string of the molecule is Cc1ccc(OCC(=O)N2CCC[C@@H](C(F)(F)F)C2)nc1. The minimum Gasteiger partial charge on any atom is -0.468 e. The summed E-state index contributed by atoms with van der Waals surface area (Å²) < 4.78 is 43.3. The zero-order valence-corrected chi connectivity index (χ0v) is 11.7. The first kappa shape index (κ1) is 15.6. The number of ether oxygens (including phenoxy) is 1. The standard InChI is InChI=1S/C14H17F3N2O2/c1-10-4-5-12(18-7-10)21-9-13(20)19-6-2-3-11(8-19)14(15,16)17/h4-5,7,11H,2-3,6,8-9H2,1H3/t11-/m1/s1. The maximum atomic E-state index is 12.7. The van der Waals surface area contributed by atoms with Crippen molar-refractivity contribution in [3.63, 3.8) is 0 Å². The van der Waals surface area contributed by atoms with E-state index in [9.17, 15) is 18.0 Å².